The Hall–Kier alpha value is -1.84. The van der Waals surface area contributed by atoms with Gasteiger partial charge in [-0.25, -0.2) is 4.79 Å². The van der Waals surface area contributed by atoms with Gasteiger partial charge in [0.05, 0.1) is 0 Å². The summed E-state index contributed by atoms with van der Waals surface area (Å²) in [6, 6.07) is 4.11. The fraction of sp³-hybridized carbons (Fsp3) is 0.500. The molecule has 0 bridgehead atoms. The van der Waals surface area contributed by atoms with E-state index in [0.717, 1.165) is 22.5 Å². The monoisotopic (exact) mass is 274 g/mol. The Morgan fingerprint density at radius 2 is 1.85 bits per heavy atom. The van der Waals surface area contributed by atoms with Gasteiger partial charge in [-0.3, -0.25) is 4.98 Å². The van der Waals surface area contributed by atoms with Crippen LogP contribution in [0.5, 0.6) is 0 Å². The van der Waals surface area contributed by atoms with Crippen LogP contribution in [0, 0.1) is 13.8 Å². The molecule has 0 aliphatic carbocycles. The summed E-state index contributed by atoms with van der Waals surface area (Å²) in [6.07, 6.45) is 1.82. The summed E-state index contributed by atoms with van der Waals surface area (Å²) < 4.78 is 5.39. The lowest BCUT2D eigenvalue weighted by Gasteiger charge is -2.24. The van der Waals surface area contributed by atoms with Gasteiger partial charge in [0, 0.05) is 24.5 Å². The second-order valence-corrected chi connectivity index (χ2v) is 6.23. The first kappa shape index (κ1) is 14.6. The summed E-state index contributed by atoms with van der Waals surface area (Å²) in [4.78, 5) is 18.1. The van der Waals surface area contributed by atoms with E-state index in [0.29, 0.717) is 13.1 Å². The third kappa shape index (κ3) is 3.59. The van der Waals surface area contributed by atoms with E-state index in [1.54, 1.807) is 4.90 Å². The normalized spacial score (nSPS) is 15.2. The van der Waals surface area contributed by atoms with Gasteiger partial charge in [0.2, 0.25) is 0 Å². The van der Waals surface area contributed by atoms with Gasteiger partial charge in [0.1, 0.15) is 5.60 Å². The summed E-state index contributed by atoms with van der Waals surface area (Å²) in [5.74, 6) is 0. The van der Waals surface area contributed by atoms with Crippen molar-refractivity contribution >= 4 is 11.7 Å². The van der Waals surface area contributed by atoms with Crippen molar-refractivity contribution in [3.05, 3.63) is 35.2 Å². The highest BCUT2D eigenvalue weighted by atomic mass is 16.6. The number of aromatic nitrogens is 1. The van der Waals surface area contributed by atoms with Crippen LogP contribution in [0.2, 0.25) is 0 Å². The third-order valence-corrected chi connectivity index (χ3v) is 3.02. The van der Waals surface area contributed by atoms with Gasteiger partial charge in [-0.05, 0) is 57.9 Å². The molecule has 108 valence electrons. The van der Waals surface area contributed by atoms with Gasteiger partial charge in [0.15, 0.2) is 0 Å². The van der Waals surface area contributed by atoms with Crippen molar-refractivity contribution < 1.29 is 9.53 Å². The average Bonchev–Trinajstić information content (AvgIpc) is 2.74. The molecule has 1 aromatic heterocycles. The van der Waals surface area contributed by atoms with Crippen molar-refractivity contribution in [3.8, 4) is 0 Å². The zero-order chi connectivity index (χ0) is 14.9. The zero-order valence-electron chi connectivity index (χ0n) is 12.9. The Labute approximate surface area is 120 Å². The number of pyridine rings is 1. The van der Waals surface area contributed by atoms with Gasteiger partial charge in [-0.15, -0.1) is 0 Å². The maximum Gasteiger partial charge on any atom is 0.410 e. The lowest BCUT2D eigenvalue weighted by molar-refractivity contribution is 0.0306. The van der Waals surface area contributed by atoms with Crippen LogP contribution in [-0.2, 0) is 4.74 Å². The Bertz CT molecular complexity index is 536. The van der Waals surface area contributed by atoms with Crippen molar-refractivity contribution in [3.63, 3.8) is 0 Å². The van der Waals surface area contributed by atoms with Crippen molar-refractivity contribution in [2.75, 3.05) is 13.1 Å². The first-order chi connectivity index (χ1) is 9.24. The highest BCUT2D eigenvalue weighted by Crippen LogP contribution is 2.23. The molecule has 0 fully saturated rings. The molecule has 0 atom stereocenters. The summed E-state index contributed by atoms with van der Waals surface area (Å²) in [6.45, 7) is 10.8. The number of amides is 1. The number of rotatable bonds is 1. The molecule has 0 unspecified atom stereocenters. The van der Waals surface area contributed by atoms with E-state index in [1.165, 1.54) is 0 Å². The molecular formula is C16H22N2O2. The quantitative estimate of drug-likeness (QED) is 0.789. The van der Waals surface area contributed by atoms with Gasteiger partial charge in [0.25, 0.3) is 0 Å². The Kier molecular flexibility index (Phi) is 3.84. The highest BCUT2D eigenvalue weighted by Gasteiger charge is 2.25. The molecule has 0 N–H and O–H groups in total. The Morgan fingerprint density at radius 3 is 2.40 bits per heavy atom. The first-order valence-corrected chi connectivity index (χ1v) is 6.87. The molecule has 4 nitrogen and oxygen atoms in total. The number of ether oxygens (including phenoxy) is 1. The SMILES string of the molecule is Cc1cc(C2=CCN(C(=O)OC(C)(C)C)C2)cc(C)n1. The molecule has 1 aliphatic heterocycles. The molecular weight excluding hydrogens is 252 g/mol. The van der Waals surface area contributed by atoms with E-state index >= 15 is 0 Å². The van der Waals surface area contributed by atoms with E-state index in [2.05, 4.69) is 23.2 Å². The molecule has 0 saturated heterocycles. The minimum atomic E-state index is -0.455. The van der Waals surface area contributed by atoms with Crippen LogP contribution in [-0.4, -0.2) is 34.7 Å². The lowest BCUT2D eigenvalue weighted by atomic mass is 10.1. The molecule has 1 aliphatic rings. The van der Waals surface area contributed by atoms with Crippen molar-refractivity contribution in [1.29, 1.82) is 0 Å². The fourth-order valence-corrected chi connectivity index (χ4v) is 2.25. The van der Waals surface area contributed by atoms with Crippen LogP contribution in [0.1, 0.15) is 37.7 Å². The van der Waals surface area contributed by atoms with E-state index in [-0.39, 0.29) is 6.09 Å². The van der Waals surface area contributed by atoms with Crippen LogP contribution >= 0.6 is 0 Å². The summed E-state index contributed by atoms with van der Waals surface area (Å²) >= 11 is 0. The van der Waals surface area contributed by atoms with E-state index in [4.69, 9.17) is 4.74 Å². The van der Waals surface area contributed by atoms with Crippen LogP contribution in [0.15, 0.2) is 18.2 Å². The topological polar surface area (TPSA) is 42.4 Å². The van der Waals surface area contributed by atoms with Crippen molar-refractivity contribution in [1.82, 2.24) is 9.88 Å². The minimum Gasteiger partial charge on any atom is -0.444 e. The molecule has 0 spiro atoms. The number of nitrogens with zero attached hydrogens (tertiary/aromatic N) is 2. The number of hydrogen-bond donors (Lipinski definition) is 0. The second-order valence-electron chi connectivity index (χ2n) is 6.23. The average molecular weight is 274 g/mol. The minimum absolute atomic E-state index is 0.258. The number of carbonyl (C=O) groups is 1. The van der Waals surface area contributed by atoms with Gasteiger partial charge in [-0.2, -0.15) is 0 Å². The van der Waals surface area contributed by atoms with Crippen molar-refractivity contribution in [2.24, 2.45) is 0 Å². The van der Waals surface area contributed by atoms with Crippen molar-refractivity contribution in [2.45, 2.75) is 40.2 Å². The predicted octanol–water partition coefficient (Wildman–Crippen LogP) is 3.33. The number of aryl methyl sites for hydroxylation is 2. The van der Waals surface area contributed by atoms with Crippen LogP contribution < -0.4 is 0 Å². The predicted molar refractivity (Wildman–Crippen MR) is 79.5 cm³/mol. The number of carbonyl (C=O) groups excluding carboxylic acids is 1. The first-order valence-electron chi connectivity index (χ1n) is 6.87. The highest BCUT2D eigenvalue weighted by molar-refractivity contribution is 5.77. The molecule has 0 aromatic carbocycles. The van der Waals surface area contributed by atoms with E-state index in [1.807, 2.05) is 34.6 Å². The molecule has 0 saturated carbocycles. The van der Waals surface area contributed by atoms with Crippen LogP contribution in [0.25, 0.3) is 5.57 Å². The third-order valence-electron chi connectivity index (χ3n) is 3.02. The zero-order valence-corrected chi connectivity index (χ0v) is 12.9. The number of hydrogen-bond acceptors (Lipinski definition) is 3. The van der Waals surface area contributed by atoms with Gasteiger partial charge >= 0.3 is 6.09 Å². The largest absolute Gasteiger partial charge is 0.444 e. The molecule has 4 heteroatoms. The standard InChI is InChI=1S/C16H22N2O2/c1-11-8-14(9-12(2)17-11)13-6-7-18(10-13)15(19)20-16(3,4)5/h6,8-9H,7,10H2,1-5H3. The van der Waals surface area contributed by atoms with Crippen LogP contribution in [0.4, 0.5) is 4.79 Å². The molecule has 20 heavy (non-hydrogen) atoms. The van der Waals surface area contributed by atoms with E-state index in [9.17, 15) is 4.79 Å². The Balaban J connectivity index is 2.06. The Morgan fingerprint density at radius 1 is 1.25 bits per heavy atom. The van der Waals surface area contributed by atoms with E-state index < -0.39 is 5.60 Å². The molecule has 2 rings (SSSR count). The van der Waals surface area contributed by atoms with Crippen LogP contribution in [0.3, 0.4) is 0 Å². The maximum absolute atomic E-state index is 12.0. The smallest absolute Gasteiger partial charge is 0.410 e. The molecule has 2 heterocycles. The lowest BCUT2D eigenvalue weighted by Crippen LogP contribution is -2.35. The molecule has 1 amide bonds. The second kappa shape index (κ2) is 5.27. The summed E-state index contributed by atoms with van der Waals surface area (Å²) in [7, 11) is 0. The molecule has 0 radical (unpaired) electrons. The maximum atomic E-state index is 12.0. The fourth-order valence-electron chi connectivity index (χ4n) is 2.25. The summed E-state index contributed by atoms with van der Waals surface area (Å²) in [5, 5.41) is 0. The molecule has 1 aromatic rings. The summed E-state index contributed by atoms with van der Waals surface area (Å²) in [5.41, 5.74) is 3.84. The van der Waals surface area contributed by atoms with Gasteiger partial charge < -0.3 is 9.64 Å². The van der Waals surface area contributed by atoms with Gasteiger partial charge in [-0.1, -0.05) is 6.08 Å².